The van der Waals surface area contributed by atoms with Crippen LogP contribution in [-0.4, -0.2) is 88.3 Å². The van der Waals surface area contributed by atoms with Gasteiger partial charge in [0.15, 0.2) is 0 Å². The van der Waals surface area contributed by atoms with Gasteiger partial charge in [0.25, 0.3) is 0 Å². The number of ether oxygens (including phenoxy) is 1. The number of halogens is 3. The maximum absolute atomic E-state index is 11.3. The molecule has 1 aromatic heterocycles. The summed E-state index contributed by atoms with van der Waals surface area (Å²) in [6.07, 6.45) is -2.19. The van der Waals surface area contributed by atoms with Crippen molar-refractivity contribution in [1.82, 2.24) is 14.7 Å². The summed E-state index contributed by atoms with van der Waals surface area (Å²) < 4.78 is 62.8. The van der Waals surface area contributed by atoms with Crippen LogP contribution < -0.4 is 14.5 Å². The number of carboxylic acids is 1. The lowest BCUT2D eigenvalue weighted by atomic mass is 9.93. The molecule has 3 atom stereocenters. The predicted molar refractivity (Wildman–Crippen MR) is 102 cm³/mol. The van der Waals surface area contributed by atoms with Gasteiger partial charge in [0.2, 0.25) is 10.0 Å². The number of carbonyl (C=O) groups is 1. The topological polar surface area (TPSA) is 125 Å². The number of anilines is 2. The number of nitrogens with one attached hydrogen (secondary N) is 1. The second-order valence-corrected chi connectivity index (χ2v) is 9.09. The number of nitrogens with zero attached hydrogens (tertiary/aromatic N) is 4. The predicted octanol–water partition coefficient (Wildman–Crippen LogP) is 0.176. The van der Waals surface area contributed by atoms with Crippen LogP contribution >= 0.6 is 0 Å². The molecular formula is C16H24F3N5O5S. The van der Waals surface area contributed by atoms with E-state index in [4.69, 9.17) is 14.6 Å². The summed E-state index contributed by atoms with van der Waals surface area (Å²) >= 11 is 0. The zero-order chi connectivity index (χ0) is 22.7. The molecule has 14 heteroatoms. The number of hydrogen-bond acceptors (Lipinski definition) is 8. The average molecular weight is 455 g/mol. The van der Waals surface area contributed by atoms with Crippen molar-refractivity contribution >= 4 is 27.6 Å². The van der Waals surface area contributed by atoms with Crippen LogP contribution in [0.1, 0.15) is 0 Å². The van der Waals surface area contributed by atoms with Crippen molar-refractivity contribution in [3.8, 4) is 0 Å². The average Bonchev–Trinajstić information content (AvgIpc) is 3.20. The van der Waals surface area contributed by atoms with Crippen LogP contribution in [0.2, 0.25) is 0 Å². The van der Waals surface area contributed by atoms with Crippen molar-refractivity contribution < 1.29 is 36.2 Å². The molecular weight excluding hydrogens is 431 g/mol. The molecule has 2 fully saturated rings. The molecule has 0 bridgehead atoms. The molecule has 0 saturated carbocycles. The number of fused-ring (bicyclic) bond motifs is 1. The first-order chi connectivity index (χ1) is 13.8. The minimum absolute atomic E-state index is 0.138. The van der Waals surface area contributed by atoms with Gasteiger partial charge in [-0.1, -0.05) is 0 Å². The summed E-state index contributed by atoms with van der Waals surface area (Å²) in [5.41, 5.74) is 0. The van der Waals surface area contributed by atoms with Crippen LogP contribution in [0, 0.1) is 11.8 Å². The van der Waals surface area contributed by atoms with Gasteiger partial charge in [0, 0.05) is 51.6 Å². The minimum Gasteiger partial charge on any atom is -0.475 e. The number of aliphatic carboxylic acids is 1. The Bertz CT molecular complexity index is 852. The normalized spacial score (nSPS) is 23.5. The molecule has 3 rings (SSSR count). The Balaban J connectivity index is 0.000000396. The summed E-state index contributed by atoms with van der Waals surface area (Å²) in [7, 11) is 0.724. The van der Waals surface area contributed by atoms with Gasteiger partial charge in [-0.25, -0.2) is 27.9 Å². The summed E-state index contributed by atoms with van der Waals surface area (Å²) in [6, 6.07) is 1.96. The molecule has 2 aliphatic rings. The zero-order valence-corrected chi connectivity index (χ0v) is 17.4. The van der Waals surface area contributed by atoms with Crippen molar-refractivity contribution in [3.63, 3.8) is 0 Å². The number of aromatic nitrogens is 2. The fourth-order valence-corrected chi connectivity index (χ4v) is 3.73. The van der Waals surface area contributed by atoms with Gasteiger partial charge in [-0.05, 0) is 0 Å². The van der Waals surface area contributed by atoms with E-state index in [0.717, 1.165) is 24.7 Å². The summed E-state index contributed by atoms with van der Waals surface area (Å²) in [4.78, 5) is 21.6. The summed E-state index contributed by atoms with van der Waals surface area (Å²) in [5, 5.41) is 7.12. The van der Waals surface area contributed by atoms with Gasteiger partial charge in [0.05, 0.1) is 19.0 Å². The van der Waals surface area contributed by atoms with Gasteiger partial charge in [-0.3, -0.25) is 0 Å². The van der Waals surface area contributed by atoms with Crippen molar-refractivity contribution in [2.45, 2.75) is 12.3 Å². The Morgan fingerprint density at radius 1 is 1.37 bits per heavy atom. The van der Waals surface area contributed by atoms with E-state index >= 15 is 0 Å². The molecule has 2 saturated heterocycles. The Hall–Kier alpha value is -2.19. The van der Waals surface area contributed by atoms with E-state index < -0.39 is 22.2 Å². The lowest BCUT2D eigenvalue weighted by Crippen LogP contribution is -2.33. The molecule has 10 nitrogen and oxygen atoms in total. The van der Waals surface area contributed by atoms with Gasteiger partial charge >= 0.3 is 12.1 Å². The number of sulfonamides is 1. The van der Waals surface area contributed by atoms with E-state index in [2.05, 4.69) is 19.6 Å². The Labute approximate surface area is 172 Å². The fraction of sp³-hybridized carbons (Fsp3) is 0.688. The molecule has 0 aromatic carbocycles. The smallest absolute Gasteiger partial charge is 0.475 e. The molecule has 0 spiro atoms. The first kappa shape index (κ1) is 24.1. The second kappa shape index (κ2) is 9.31. The minimum atomic E-state index is -5.08. The van der Waals surface area contributed by atoms with E-state index in [-0.39, 0.29) is 12.0 Å². The van der Waals surface area contributed by atoms with E-state index in [0.29, 0.717) is 19.1 Å². The Morgan fingerprint density at radius 2 is 2.00 bits per heavy atom. The van der Waals surface area contributed by atoms with Crippen LogP contribution in [0.15, 0.2) is 12.4 Å². The van der Waals surface area contributed by atoms with Crippen molar-refractivity contribution in [3.05, 3.63) is 12.4 Å². The molecule has 2 N–H and O–H groups in total. The fourth-order valence-electron chi connectivity index (χ4n) is 3.21. The van der Waals surface area contributed by atoms with Crippen LogP contribution in [0.3, 0.4) is 0 Å². The molecule has 30 heavy (non-hydrogen) atoms. The highest BCUT2D eigenvalue weighted by molar-refractivity contribution is 7.88. The van der Waals surface area contributed by atoms with Gasteiger partial charge in [-0.2, -0.15) is 13.2 Å². The molecule has 2 aliphatic heterocycles. The lowest BCUT2D eigenvalue weighted by Gasteiger charge is -2.21. The van der Waals surface area contributed by atoms with Crippen molar-refractivity contribution in [1.29, 1.82) is 0 Å². The second-order valence-electron chi connectivity index (χ2n) is 7.25. The number of rotatable bonds is 5. The Morgan fingerprint density at radius 3 is 2.53 bits per heavy atom. The third kappa shape index (κ3) is 6.67. The number of carboxylic acid groups (broad SMARTS) is 1. The van der Waals surface area contributed by atoms with Crippen molar-refractivity contribution in [2.24, 2.45) is 11.8 Å². The third-order valence-corrected chi connectivity index (χ3v) is 5.40. The monoisotopic (exact) mass is 455 g/mol. The van der Waals surface area contributed by atoms with Gasteiger partial charge in [0.1, 0.15) is 18.0 Å². The standard InChI is InChI=1S/C14H23N5O3S.C2HF3O2/c1-18(2)13-4-14(16-9-15-13)19-6-11-10(5-17-23(3,20)21)8-22-12(11)7-19;3-2(4,5)1(6)7/h4,9-12,17H,5-8H2,1-3H3;(H,6,7)/t10-,11+,12+;/m0./s1. The van der Waals surface area contributed by atoms with E-state index in [9.17, 15) is 21.6 Å². The molecule has 1 aromatic rings. The highest BCUT2D eigenvalue weighted by Gasteiger charge is 2.44. The molecule has 0 unspecified atom stereocenters. The van der Waals surface area contributed by atoms with Gasteiger partial charge in [-0.15, -0.1) is 0 Å². The molecule has 0 aliphatic carbocycles. The first-order valence-corrected chi connectivity index (χ1v) is 10.8. The maximum atomic E-state index is 11.3. The summed E-state index contributed by atoms with van der Waals surface area (Å²) in [6.45, 7) is 2.65. The maximum Gasteiger partial charge on any atom is 0.490 e. The molecule has 3 heterocycles. The van der Waals surface area contributed by atoms with Crippen LogP contribution in [-0.2, 0) is 19.6 Å². The number of hydrogen-bond donors (Lipinski definition) is 2. The summed E-state index contributed by atoms with van der Waals surface area (Å²) in [5.74, 6) is -0.482. The van der Waals surface area contributed by atoms with Crippen LogP contribution in [0.5, 0.6) is 0 Å². The van der Waals surface area contributed by atoms with E-state index in [1.54, 1.807) is 6.33 Å². The highest BCUT2D eigenvalue weighted by atomic mass is 32.2. The SMILES string of the molecule is CN(C)c1cc(N2C[C@@H]3[C@@H](CNS(C)(=O)=O)CO[C@@H]3C2)ncn1.O=C(O)C(F)(F)F. The van der Waals surface area contributed by atoms with Gasteiger partial charge < -0.3 is 19.6 Å². The van der Waals surface area contributed by atoms with E-state index in [1.165, 1.54) is 6.26 Å². The zero-order valence-electron chi connectivity index (χ0n) is 16.6. The van der Waals surface area contributed by atoms with Crippen LogP contribution in [0.25, 0.3) is 0 Å². The quantitative estimate of drug-likeness (QED) is 0.639. The van der Waals surface area contributed by atoms with E-state index in [1.807, 2.05) is 25.1 Å². The highest BCUT2D eigenvalue weighted by Crippen LogP contribution is 2.35. The molecule has 0 radical (unpaired) electrons. The van der Waals surface area contributed by atoms with Crippen LogP contribution in [0.4, 0.5) is 24.8 Å². The largest absolute Gasteiger partial charge is 0.490 e. The third-order valence-electron chi connectivity index (χ3n) is 4.71. The molecule has 170 valence electrons. The lowest BCUT2D eigenvalue weighted by molar-refractivity contribution is -0.192. The number of alkyl halides is 3. The Kier molecular flexibility index (Phi) is 7.47. The molecule has 0 amide bonds. The van der Waals surface area contributed by atoms with Crippen molar-refractivity contribution in [2.75, 3.05) is 56.4 Å². The first-order valence-electron chi connectivity index (χ1n) is 8.88.